The van der Waals surface area contributed by atoms with Crippen LogP contribution in [0.25, 0.3) is 0 Å². The molecule has 0 N–H and O–H groups in total. The van der Waals surface area contributed by atoms with Gasteiger partial charge < -0.3 is 4.74 Å². The molecule has 2 aliphatic rings. The molecule has 0 amide bonds. The highest BCUT2D eigenvalue weighted by molar-refractivity contribution is 8.07. The molecule has 0 saturated heterocycles. The Kier molecular flexibility index (Phi) is 3.11. The maximum Gasteiger partial charge on any atom is 0.216 e. The zero-order valence-corrected chi connectivity index (χ0v) is 13.3. The zero-order valence-electron chi connectivity index (χ0n) is 11.7. The molecule has 2 aliphatic heterocycles. The van der Waals surface area contributed by atoms with E-state index in [1.54, 1.807) is 18.9 Å². The van der Waals surface area contributed by atoms with E-state index in [9.17, 15) is 0 Å². The first-order valence-corrected chi connectivity index (χ1v) is 8.49. The van der Waals surface area contributed by atoms with Crippen LogP contribution >= 0.6 is 23.5 Å². The van der Waals surface area contributed by atoms with Crippen LogP contribution in [-0.2, 0) is 6.42 Å². The molecule has 4 rings (SSSR count). The van der Waals surface area contributed by atoms with Crippen LogP contribution in [0, 0.1) is 0 Å². The minimum Gasteiger partial charge on any atom is -0.497 e. The van der Waals surface area contributed by atoms with Crippen LogP contribution < -0.4 is 9.75 Å². The lowest BCUT2D eigenvalue weighted by molar-refractivity contribution is 0.414. The smallest absolute Gasteiger partial charge is 0.216 e. The molecule has 2 aromatic rings. The molecule has 1 aromatic carbocycles. The normalized spacial score (nSPS) is 19.4. The van der Waals surface area contributed by atoms with Gasteiger partial charge in [0, 0.05) is 11.8 Å². The van der Waals surface area contributed by atoms with Crippen molar-refractivity contribution < 1.29 is 4.74 Å². The van der Waals surface area contributed by atoms with Gasteiger partial charge in [-0.1, -0.05) is 30.8 Å². The summed E-state index contributed by atoms with van der Waals surface area (Å²) in [5.41, 5.74) is 1.25. The molecule has 21 heavy (non-hydrogen) atoms. The Morgan fingerprint density at radius 1 is 1.24 bits per heavy atom. The number of methoxy groups -OCH3 is 1. The number of ether oxygens (including phenoxy) is 1. The molecule has 0 spiro atoms. The van der Waals surface area contributed by atoms with Gasteiger partial charge in [-0.2, -0.15) is 0 Å². The van der Waals surface area contributed by atoms with E-state index in [0.717, 1.165) is 23.2 Å². The number of thioether (sulfide) groups is 2. The van der Waals surface area contributed by atoms with Gasteiger partial charge in [-0.05, 0) is 29.5 Å². The van der Waals surface area contributed by atoms with Crippen LogP contribution in [0.15, 0.2) is 39.9 Å². The van der Waals surface area contributed by atoms with E-state index >= 15 is 0 Å². The van der Waals surface area contributed by atoms with Crippen molar-refractivity contribution in [2.45, 2.75) is 23.9 Å². The summed E-state index contributed by atoms with van der Waals surface area (Å²) in [5.74, 6) is 1.88. The van der Waals surface area contributed by atoms with Crippen molar-refractivity contribution in [2.24, 2.45) is 0 Å². The van der Waals surface area contributed by atoms with Gasteiger partial charge in [0.1, 0.15) is 16.2 Å². The third-order valence-electron chi connectivity index (χ3n) is 3.55. The number of aryl methyl sites for hydroxylation is 1. The third-order valence-corrected chi connectivity index (χ3v) is 5.74. The van der Waals surface area contributed by atoms with Crippen molar-refractivity contribution in [2.75, 3.05) is 12.1 Å². The summed E-state index contributed by atoms with van der Waals surface area (Å²) in [4.78, 5) is 0. The monoisotopic (exact) mass is 318 g/mol. The molecule has 1 atom stereocenters. The standard InChI is InChI=1S/C14H14N4OS2/c1-3-11-15-16-14-17(11)18-12(21-14)8-20-13(18)9-4-6-10(19-2)7-5-9/h4-8,13H,3H2,1-2H3. The number of aromatic nitrogens is 3. The van der Waals surface area contributed by atoms with E-state index in [0.29, 0.717) is 0 Å². The Hall–Kier alpha value is -1.60. The Labute approximate surface area is 131 Å². The van der Waals surface area contributed by atoms with Crippen LogP contribution in [-0.4, -0.2) is 22.0 Å². The lowest BCUT2D eigenvalue weighted by atomic mass is 10.2. The molecule has 0 aliphatic carbocycles. The van der Waals surface area contributed by atoms with E-state index in [-0.39, 0.29) is 5.37 Å². The maximum atomic E-state index is 5.24. The molecule has 108 valence electrons. The predicted molar refractivity (Wildman–Crippen MR) is 84.9 cm³/mol. The van der Waals surface area contributed by atoms with Crippen LogP contribution in [0.3, 0.4) is 0 Å². The van der Waals surface area contributed by atoms with Crippen molar-refractivity contribution in [3.8, 4) is 5.75 Å². The van der Waals surface area contributed by atoms with Crippen molar-refractivity contribution in [3.63, 3.8) is 0 Å². The second-order valence-corrected chi connectivity index (χ2v) is 6.67. The highest BCUT2D eigenvalue weighted by atomic mass is 32.2. The molecule has 0 saturated carbocycles. The third kappa shape index (κ3) is 1.95. The molecular formula is C14H14N4OS2. The van der Waals surface area contributed by atoms with Crippen LogP contribution in [0.1, 0.15) is 23.7 Å². The fraction of sp³-hybridized carbons (Fsp3) is 0.286. The van der Waals surface area contributed by atoms with E-state index in [1.165, 1.54) is 10.6 Å². The Balaban J connectivity index is 1.72. The van der Waals surface area contributed by atoms with Gasteiger partial charge in [0.15, 0.2) is 5.82 Å². The summed E-state index contributed by atoms with van der Waals surface area (Å²) in [6, 6.07) is 8.24. The van der Waals surface area contributed by atoms with Crippen molar-refractivity contribution >= 4 is 23.5 Å². The van der Waals surface area contributed by atoms with E-state index in [2.05, 4.69) is 44.3 Å². The topological polar surface area (TPSA) is 43.2 Å². The van der Waals surface area contributed by atoms with Crippen LogP contribution in [0.2, 0.25) is 0 Å². The quantitative estimate of drug-likeness (QED) is 0.866. The van der Waals surface area contributed by atoms with E-state index < -0.39 is 0 Å². The van der Waals surface area contributed by atoms with Gasteiger partial charge in [0.2, 0.25) is 5.16 Å². The lowest BCUT2D eigenvalue weighted by Gasteiger charge is -2.25. The SMILES string of the molecule is CCc1nnc2n1N1C(=CSC1c1ccc(OC)cc1)S2. The Morgan fingerprint density at radius 3 is 2.76 bits per heavy atom. The molecule has 5 nitrogen and oxygen atoms in total. The van der Waals surface area contributed by atoms with Gasteiger partial charge in [-0.15, -0.1) is 10.2 Å². The second-order valence-electron chi connectivity index (χ2n) is 4.73. The number of hydrogen-bond acceptors (Lipinski definition) is 6. The summed E-state index contributed by atoms with van der Waals surface area (Å²) in [6.45, 7) is 2.11. The van der Waals surface area contributed by atoms with E-state index in [4.69, 9.17) is 4.74 Å². The van der Waals surface area contributed by atoms with Crippen molar-refractivity contribution in [1.29, 1.82) is 0 Å². The van der Waals surface area contributed by atoms with Gasteiger partial charge in [-0.3, -0.25) is 5.01 Å². The lowest BCUT2D eigenvalue weighted by Crippen LogP contribution is -2.30. The highest BCUT2D eigenvalue weighted by Crippen LogP contribution is 2.51. The molecule has 0 bridgehead atoms. The molecule has 0 fully saturated rings. The number of nitrogens with zero attached hydrogens (tertiary/aromatic N) is 4. The fourth-order valence-electron chi connectivity index (χ4n) is 2.50. The minimum absolute atomic E-state index is 0.223. The first kappa shape index (κ1) is 13.1. The highest BCUT2D eigenvalue weighted by Gasteiger charge is 2.39. The summed E-state index contributed by atoms with van der Waals surface area (Å²) in [7, 11) is 1.69. The maximum absolute atomic E-state index is 5.24. The fourth-order valence-corrected chi connectivity index (χ4v) is 4.75. The number of rotatable bonds is 3. The number of benzene rings is 1. The molecule has 0 radical (unpaired) electrons. The summed E-state index contributed by atoms with van der Waals surface area (Å²) in [6.07, 6.45) is 0.872. The number of hydrogen-bond donors (Lipinski definition) is 0. The second kappa shape index (κ2) is 4.99. The minimum atomic E-state index is 0.223. The van der Waals surface area contributed by atoms with Crippen molar-refractivity contribution in [3.05, 3.63) is 46.1 Å². The average molecular weight is 318 g/mol. The van der Waals surface area contributed by atoms with Gasteiger partial charge in [0.25, 0.3) is 0 Å². The predicted octanol–water partition coefficient (Wildman–Crippen LogP) is 3.14. The molecule has 1 aromatic heterocycles. The van der Waals surface area contributed by atoms with Crippen LogP contribution in [0.5, 0.6) is 5.75 Å². The number of fused-ring (bicyclic) bond motifs is 3. The Morgan fingerprint density at radius 2 is 2.05 bits per heavy atom. The first-order valence-electron chi connectivity index (χ1n) is 6.73. The van der Waals surface area contributed by atoms with E-state index in [1.807, 2.05) is 23.9 Å². The summed E-state index contributed by atoms with van der Waals surface area (Å²) in [5, 5.41) is 15.4. The Bertz CT molecular complexity index is 710. The van der Waals surface area contributed by atoms with Gasteiger partial charge >= 0.3 is 0 Å². The molecule has 7 heteroatoms. The van der Waals surface area contributed by atoms with Gasteiger partial charge in [-0.25, -0.2) is 4.68 Å². The summed E-state index contributed by atoms with van der Waals surface area (Å²) >= 11 is 3.49. The van der Waals surface area contributed by atoms with Gasteiger partial charge in [0.05, 0.1) is 7.11 Å². The molecule has 1 unspecified atom stereocenters. The first-order chi connectivity index (χ1) is 10.3. The zero-order chi connectivity index (χ0) is 14.4. The largest absolute Gasteiger partial charge is 0.497 e. The summed E-state index contributed by atoms with van der Waals surface area (Å²) < 4.78 is 7.38. The molecule has 3 heterocycles. The van der Waals surface area contributed by atoms with Crippen LogP contribution in [0.4, 0.5) is 0 Å². The molecular weight excluding hydrogens is 304 g/mol. The van der Waals surface area contributed by atoms with Crippen molar-refractivity contribution in [1.82, 2.24) is 14.9 Å². The average Bonchev–Trinajstić information content (AvgIpc) is 3.17.